The van der Waals surface area contributed by atoms with E-state index < -0.39 is 0 Å². The molecule has 3 heteroatoms. The standard InChI is InChI=1S/C14H28N2O/c1-11(2)9-12(3)16(4)14(17)10-13-7-5-6-8-15-13/h11-13,15H,5-10H2,1-4H3. The molecule has 1 rings (SSSR count). The molecule has 1 fully saturated rings. The van der Waals surface area contributed by atoms with Crippen LogP contribution in [0.25, 0.3) is 0 Å². The lowest BCUT2D eigenvalue weighted by molar-refractivity contribution is -0.132. The Labute approximate surface area is 106 Å². The highest BCUT2D eigenvalue weighted by Gasteiger charge is 2.21. The molecular formula is C14H28N2O. The van der Waals surface area contributed by atoms with Crippen molar-refractivity contribution in [2.24, 2.45) is 5.92 Å². The lowest BCUT2D eigenvalue weighted by atomic mass is 10.00. The van der Waals surface area contributed by atoms with Crippen molar-refractivity contribution in [3.05, 3.63) is 0 Å². The first-order chi connectivity index (χ1) is 8.00. The van der Waals surface area contributed by atoms with Gasteiger partial charge >= 0.3 is 0 Å². The minimum absolute atomic E-state index is 0.289. The molecule has 0 saturated carbocycles. The Morgan fingerprint density at radius 2 is 2.06 bits per heavy atom. The summed E-state index contributed by atoms with van der Waals surface area (Å²) in [5.41, 5.74) is 0. The summed E-state index contributed by atoms with van der Waals surface area (Å²) in [5.74, 6) is 0.936. The number of carbonyl (C=O) groups excluding carboxylic acids is 1. The molecule has 0 bridgehead atoms. The molecule has 0 aromatic carbocycles. The van der Waals surface area contributed by atoms with E-state index in [1.54, 1.807) is 0 Å². The summed E-state index contributed by atoms with van der Waals surface area (Å²) in [6.07, 6.45) is 5.41. The maximum atomic E-state index is 12.1. The molecule has 2 atom stereocenters. The largest absolute Gasteiger partial charge is 0.343 e. The minimum Gasteiger partial charge on any atom is -0.343 e. The molecule has 0 aromatic rings. The normalized spacial score (nSPS) is 22.5. The van der Waals surface area contributed by atoms with Crippen LogP contribution in [-0.4, -0.2) is 36.5 Å². The van der Waals surface area contributed by atoms with Gasteiger partial charge in [0.15, 0.2) is 0 Å². The fourth-order valence-corrected chi connectivity index (χ4v) is 2.54. The Bertz CT molecular complexity index is 234. The van der Waals surface area contributed by atoms with Gasteiger partial charge < -0.3 is 10.2 Å². The fourth-order valence-electron chi connectivity index (χ4n) is 2.54. The van der Waals surface area contributed by atoms with Crippen LogP contribution in [0.2, 0.25) is 0 Å². The number of hydrogen-bond donors (Lipinski definition) is 1. The fraction of sp³-hybridized carbons (Fsp3) is 0.929. The van der Waals surface area contributed by atoms with E-state index in [2.05, 4.69) is 26.1 Å². The molecule has 100 valence electrons. The maximum Gasteiger partial charge on any atom is 0.224 e. The molecule has 1 amide bonds. The number of rotatable bonds is 5. The van der Waals surface area contributed by atoms with E-state index in [1.807, 2.05) is 11.9 Å². The average Bonchev–Trinajstić information content (AvgIpc) is 2.28. The number of hydrogen-bond acceptors (Lipinski definition) is 2. The van der Waals surface area contributed by atoms with Crippen molar-refractivity contribution in [2.45, 2.75) is 65.0 Å². The van der Waals surface area contributed by atoms with E-state index in [-0.39, 0.29) is 5.91 Å². The van der Waals surface area contributed by atoms with Crippen LogP contribution in [0.15, 0.2) is 0 Å². The first-order valence-electron chi connectivity index (χ1n) is 6.99. The molecule has 1 aliphatic heterocycles. The third-order valence-electron chi connectivity index (χ3n) is 3.70. The van der Waals surface area contributed by atoms with Crippen LogP contribution in [0.5, 0.6) is 0 Å². The Morgan fingerprint density at radius 3 is 2.59 bits per heavy atom. The second kappa shape index (κ2) is 7.00. The number of nitrogens with zero attached hydrogens (tertiary/aromatic N) is 1. The van der Waals surface area contributed by atoms with Crippen molar-refractivity contribution in [3.8, 4) is 0 Å². The zero-order valence-corrected chi connectivity index (χ0v) is 11.8. The number of nitrogens with one attached hydrogen (secondary N) is 1. The Hall–Kier alpha value is -0.570. The summed E-state index contributed by atoms with van der Waals surface area (Å²) >= 11 is 0. The lowest BCUT2D eigenvalue weighted by Gasteiger charge is -2.29. The zero-order valence-electron chi connectivity index (χ0n) is 11.8. The molecule has 0 aromatic heterocycles. The molecule has 0 spiro atoms. The van der Waals surface area contributed by atoms with E-state index in [4.69, 9.17) is 0 Å². The van der Waals surface area contributed by atoms with Gasteiger partial charge in [0.2, 0.25) is 5.91 Å². The number of piperidine rings is 1. The Balaban J connectivity index is 2.34. The van der Waals surface area contributed by atoms with E-state index >= 15 is 0 Å². The van der Waals surface area contributed by atoms with Crippen molar-refractivity contribution < 1.29 is 4.79 Å². The predicted octanol–water partition coefficient (Wildman–Crippen LogP) is 2.41. The predicted molar refractivity (Wildman–Crippen MR) is 71.9 cm³/mol. The van der Waals surface area contributed by atoms with Gasteiger partial charge in [0, 0.05) is 25.6 Å². The van der Waals surface area contributed by atoms with Gasteiger partial charge in [0.05, 0.1) is 0 Å². The van der Waals surface area contributed by atoms with Crippen LogP contribution in [0.3, 0.4) is 0 Å². The van der Waals surface area contributed by atoms with E-state index in [0.29, 0.717) is 24.4 Å². The van der Waals surface area contributed by atoms with Gasteiger partial charge in [0.25, 0.3) is 0 Å². The summed E-state index contributed by atoms with van der Waals surface area (Å²) in [6.45, 7) is 7.63. The van der Waals surface area contributed by atoms with Crippen molar-refractivity contribution in [1.29, 1.82) is 0 Å². The highest BCUT2D eigenvalue weighted by Crippen LogP contribution is 2.14. The van der Waals surface area contributed by atoms with E-state index in [1.165, 1.54) is 12.8 Å². The number of amides is 1. The van der Waals surface area contributed by atoms with Crippen molar-refractivity contribution in [3.63, 3.8) is 0 Å². The quantitative estimate of drug-likeness (QED) is 0.800. The summed E-state index contributed by atoms with van der Waals surface area (Å²) < 4.78 is 0. The lowest BCUT2D eigenvalue weighted by Crippen LogP contribution is -2.42. The van der Waals surface area contributed by atoms with Gasteiger partial charge in [-0.15, -0.1) is 0 Å². The van der Waals surface area contributed by atoms with Crippen LogP contribution in [0.1, 0.15) is 52.9 Å². The van der Waals surface area contributed by atoms with Gasteiger partial charge in [-0.2, -0.15) is 0 Å². The molecule has 0 aliphatic carbocycles. The topological polar surface area (TPSA) is 32.3 Å². The molecule has 1 saturated heterocycles. The van der Waals surface area contributed by atoms with Crippen LogP contribution < -0.4 is 5.32 Å². The third kappa shape index (κ3) is 5.07. The van der Waals surface area contributed by atoms with Crippen molar-refractivity contribution in [1.82, 2.24) is 10.2 Å². The van der Waals surface area contributed by atoms with Gasteiger partial charge in [-0.05, 0) is 38.6 Å². The highest BCUT2D eigenvalue weighted by molar-refractivity contribution is 5.76. The Morgan fingerprint density at radius 1 is 1.35 bits per heavy atom. The molecule has 1 aliphatic rings. The second-order valence-electron chi connectivity index (χ2n) is 5.83. The second-order valence-corrected chi connectivity index (χ2v) is 5.83. The van der Waals surface area contributed by atoms with Crippen LogP contribution in [0, 0.1) is 5.92 Å². The monoisotopic (exact) mass is 240 g/mol. The summed E-state index contributed by atoms with van der Waals surface area (Å²) in [6, 6.07) is 0.760. The van der Waals surface area contributed by atoms with Crippen LogP contribution >= 0.6 is 0 Å². The van der Waals surface area contributed by atoms with Crippen LogP contribution in [0.4, 0.5) is 0 Å². The SMILES string of the molecule is CC(C)CC(C)N(C)C(=O)CC1CCCCN1. The third-order valence-corrected chi connectivity index (χ3v) is 3.70. The summed E-state index contributed by atoms with van der Waals surface area (Å²) in [4.78, 5) is 14.0. The van der Waals surface area contributed by atoms with Crippen LogP contribution in [-0.2, 0) is 4.79 Å². The molecule has 2 unspecified atom stereocenters. The zero-order chi connectivity index (χ0) is 12.8. The summed E-state index contributed by atoms with van der Waals surface area (Å²) in [7, 11) is 1.94. The maximum absolute atomic E-state index is 12.1. The van der Waals surface area contributed by atoms with E-state index in [0.717, 1.165) is 19.4 Å². The smallest absolute Gasteiger partial charge is 0.224 e. The van der Waals surface area contributed by atoms with E-state index in [9.17, 15) is 4.79 Å². The Kier molecular flexibility index (Phi) is 5.96. The molecule has 3 nitrogen and oxygen atoms in total. The highest BCUT2D eigenvalue weighted by atomic mass is 16.2. The molecule has 1 N–H and O–H groups in total. The number of carbonyl (C=O) groups is 1. The van der Waals surface area contributed by atoms with Gasteiger partial charge in [-0.3, -0.25) is 4.79 Å². The first-order valence-corrected chi connectivity index (χ1v) is 6.99. The summed E-state index contributed by atoms with van der Waals surface area (Å²) in [5, 5.41) is 3.44. The molecule has 17 heavy (non-hydrogen) atoms. The van der Waals surface area contributed by atoms with Gasteiger partial charge in [-0.1, -0.05) is 20.3 Å². The van der Waals surface area contributed by atoms with Gasteiger partial charge in [-0.25, -0.2) is 0 Å². The molecule has 0 radical (unpaired) electrons. The first kappa shape index (κ1) is 14.5. The minimum atomic E-state index is 0.289. The van der Waals surface area contributed by atoms with Crippen molar-refractivity contribution in [2.75, 3.05) is 13.6 Å². The van der Waals surface area contributed by atoms with Gasteiger partial charge in [0.1, 0.15) is 0 Å². The average molecular weight is 240 g/mol. The molecular weight excluding hydrogens is 212 g/mol. The van der Waals surface area contributed by atoms with Crippen molar-refractivity contribution >= 4 is 5.91 Å². The molecule has 1 heterocycles.